The van der Waals surface area contributed by atoms with E-state index in [1.165, 1.54) is 0 Å². The van der Waals surface area contributed by atoms with Crippen molar-refractivity contribution in [2.75, 3.05) is 19.0 Å². The van der Waals surface area contributed by atoms with E-state index in [0.29, 0.717) is 33.3 Å². The summed E-state index contributed by atoms with van der Waals surface area (Å²) in [4.78, 5) is 21.7. The molecule has 144 valence electrons. The summed E-state index contributed by atoms with van der Waals surface area (Å²) in [7, 11) is 1.61. The Labute approximate surface area is 185 Å². The number of aromatic hydroxyl groups is 1. The number of allylic oxidation sites excluding steroid dienone is 4. The highest BCUT2D eigenvalue weighted by molar-refractivity contribution is 9.18. The van der Waals surface area contributed by atoms with Crippen molar-refractivity contribution in [2.45, 2.75) is 24.5 Å². The van der Waals surface area contributed by atoms with E-state index in [0.717, 1.165) is 32.8 Å². The maximum absolute atomic E-state index is 12.4. The second-order valence-electron chi connectivity index (χ2n) is 7.11. The highest BCUT2D eigenvalue weighted by Gasteiger charge is 2.45. The first kappa shape index (κ1) is 18.7. The average Bonchev–Trinajstić information content (AvgIpc) is 3.01. The molecular formula is C19H14Br3N3O3. The molecule has 0 saturated carbocycles. The number of hydrogen-bond donors (Lipinski definition) is 2. The van der Waals surface area contributed by atoms with Crippen molar-refractivity contribution in [2.24, 2.45) is 9.98 Å². The van der Waals surface area contributed by atoms with Gasteiger partial charge >= 0.3 is 0 Å². The van der Waals surface area contributed by atoms with Crippen LogP contribution in [0.1, 0.15) is 18.4 Å². The Morgan fingerprint density at radius 2 is 2.00 bits per heavy atom. The molecule has 0 fully saturated rings. The van der Waals surface area contributed by atoms with Crippen LogP contribution in [0.3, 0.4) is 0 Å². The largest absolute Gasteiger partial charge is 0.504 e. The summed E-state index contributed by atoms with van der Waals surface area (Å²) < 4.78 is 7.27. The molecule has 1 unspecified atom stereocenters. The van der Waals surface area contributed by atoms with Gasteiger partial charge in [-0.2, -0.15) is 0 Å². The standard InChI is InChI=1S/C19H14Br3N3O3/c1-28-10-6-19(4-8(20)16(26)9(21)5-19)12-13-11-7(2-3-23-13)18(22)25-14(11)17(27)15(12)24-10/h4-5,10,24,27H,2-3,6H2,1H3. The molecule has 0 aromatic heterocycles. The number of nitrogens with zero attached hydrogens (tertiary/aromatic N) is 2. The number of nitrogens with one attached hydrogen (secondary N) is 1. The molecule has 2 N–H and O–H groups in total. The molecule has 1 atom stereocenters. The van der Waals surface area contributed by atoms with Crippen molar-refractivity contribution >= 4 is 75.1 Å². The minimum atomic E-state index is -0.671. The van der Waals surface area contributed by atoms with Gasteiger partial charge < -0.3 is 15.2 Å². The molecule has 1 aromatic carbocycles. The Balaban J connectivity index is 1.94. The summed E-state index contributed by atoms with van der Waals surface area (Å²) in [5.41, 5.74) is 2.30. The van der Waals surface area contributed by atoms with Crippen molar-refractivity contribution in [3.05, 3.63) is 37.3 Å². The molecule has 3 aliphatic heterocycles. The monoisotopic (exact) mass is 569 g/mol. The summed E-state index contributed by atoms with van der Waals surface area (Å²) in [6.07, 6.45) is 4.74. The first-order chi connectivity index (χ1) is 13.4. The number of carbonyl (C=O) groups excluding carboxylic acids is 1. The maximum atomic E-state index is 12.4. The second kappa shape index (κ2) is 6.35. The molecule has 3 heterocycles. The third kappa shape index (κ3) is 2.42. The van der Waals surface area contributed by atoms with E-state index in [-0.39, 0.29) is 17.8 Å². The number of anilines is 1. The molecule has 1 aliphatic carbocycles. The Morgan fingerprint density at radius 1 is 1.29 bits per heavy atom. The fraction of sp³-hybridized carbons (Fsp3) is 0.316. The number of halogens is 3. The summed E-state index contributed by atoms with van der Waals surface area (Å²) >= 11 is 10.4. The van der Waals surface area contributed by atoms with Crippen molar-refractivity contribution in [3.63, 3.8) is 0 Å². The Bertz CT molecular complexity index is 1160. The van der Waals surface area contributed by atoms with Crippen molar-refractivity contribution in [1.82, 2.24) is 0 Å². The van der Waals surface area contributed by atoms with Gasteiger partial charge in [-0.05, 0) is 59.8 Å². The number of hydrogen-bond acceptors (Lipinski definition) is 6. The highest BCUT2D eigenvalue weighted by atomic mass is 79.9. The van der Waals surface area contributed by atoms with Gasteiger partial charge in [0.1, 0.15) is 16.5 Å². The summed E-state index contributed by atoms with van der Waals surface area (Å²) in [5, 5.41) is 16.1. The third-order valence-corrected chi connectivity index (χ3v) is 7.43. The topological polar surface area (TPSA) is 83.3 Å². The number of Topliss-reactive ketones (excluding diaryl/α,β-unsaturated/α-hetero) is 1. The van der Waals surface area contributed by atoms with Gasteiger partial charge in [0.2, 0.25) is 5.78 Å². The molecule has 0 bridgehead atoms. The number of rotatable bonds is 1. The normalized spacial score (nSPS) is 24.0. The van der Waals surface area contributed by atoms with Crippen LogP contribution in [0.4, 0.5) is 11.4 Å². The average molecular weight is 572 g/mol. The number of benzene rings is 1. The van der Waals surface area contributed by atoms with Gasteiger partial charge in [0.25, 0.3) is 0 Å². The van der Waals surface area contributed by atoms with Crippen LogP contribution < -0.4 is 15.9 Å². The van der Waals surface area contributed by atoms with Crippen LogP contribution in [0, 0.1) is 0 Å². The van der Waals surface area contributed by atoms with Crippen molar-refractivity contribution in [3.8, 4) is 5.75 Å². The lowest BCUT2D eigenvalue weighted by molar-refractivity contribution is -0.111. The lowest BCUT2D eigenvalue weighted by Crippen LogP contribution is -2.48. The molecule has 0 amide bonds. The predicted octanol–water partition coefficient (Wildman–Crippen LogP) is 3.17. The highest BCUT2D eigenvalue weighted by Crippen LogP contribution is 2.50. The summed E-state index contributed by atoms with van der Waals surface area (Å²) in [6.45, 7) is 0.641. The molecule has 1 spiro atoms. The zero-order valence-corrected chi connectivity index (χ0v) is 19.4. The lowest BCUT2D eigenvalue weighted by atomic mass is 9.70. The molecular weight excluding hydrogens is 558 g/mol. The molecule has 0 radical (unpaired) electrons. The number of phenols is 1. The van der Waals surface area contributed by atoms with E-state index in [2.05, 4.69) is 58.1 Å². The van der Waals surface area contributed by atoms with E-state index in [9.17, 15) is 9.90 Å². The van der Waals surface area contributed by atoms with Crippen molar-refractivity contribution in [1.29, 1.82) is 0 Å². The van der Waals surface area contributed by atoms with Gasteiger partial charge in [-0.3, -0.25) is 9.79 Å². The van der Waals surface area contributed by atoms with Crippen LogP contribution in [0.2, 0.25) is 0 Å². The molecule has 4 aliphatic rings. The van der Waals surface area contributed by atoms with Gasteiger partial charge in [-0.15, -0.1) is 0 Å². The van der Waals surface area contributed by atoms with Gasteiger partial charge in [0, 0.05) is 36.3 Å². The van der Waals surface area contributed by atoms with Crippen LogP contribution in [0.25, 0.3) is 5.57 Å². The van der Waals surface area contributed by atoms with Gasteiger partial charge in [-0.25, -0.2) is 4.99 Å². The van der Waals surface area contributed by atoms with Crippen LogP contribution in [0.5, 0.6) is 5.75 Å². The third-order valence-electron chi connectivity index (χ3n) is 5.59. The van der Waals surface area contributed by atoms with Gasteiger partial charge in [-0.1, -0.05) is 12.2 Å². The zero-order chi connectivity index (χ0) is 19.8. The van der Waals surface area contributed by atoms with Crippen LogP contribution >= 0.6 is 47.8 Å². The van der Waals surface area contributed by atoms with Gasteiger partial charge in [0.05, 0.1) is 20.0 Å². The fourth-order valence-electron chi connectivity index (χ4n) is 4.40. The lowest BCUT2D eigenvalue weighted by Gasteiger charge is -2.41. The number of phenolic OH excluding ortho intramolecular Hbond substituents is 1. The molecule has 1 aromatic rings. The first-order valence-electron chi connectivity index (χ1n) is 8.68. The van der Waals surface area contributed by atoms with E-state index < -0.39 is 5.41 Å². The first-order valence-corrected chi connectivity index (χ1v) is 11.1. The number of ether oxygens (including phenoxy) is 1. The van der Waals surface area contributed by atoms with Gasteiger partial charge in [0.15, 0.2) is 5.75 Å². The zero-order valence-electron chi connectivity index (χ0n) is 14.6. The Hall–Kier alpha value is -1.29. The fourth-order valence-corrected chi connectivity index (χ4v) is 6.48. The van der Waals surface area contributed by atoms with Crippen LogP contribution in [0.15, 0.2) is 31.1 Å². The van der Waals surface area contributed by atoms with E-state index >= 15 is 0 Å². The summed E-state index contributed by atoms with van der Waals surface area (Å²) in [5.74, 6) is -0.0427. The number of fused-ring (bicyclic) bond motifs is 3. The SMILES string of the molecule is COC1CC2(C=C(Br)C(=O)C(Br)=C2)c2c(c(O)c3c4c2=NCCC=4C(Br)=N3)N1. The minimum absolute atomic E-state index is 0.0740. The van der Waals surface area contributed by atoms with E-state index in [1.54, 1.807) is 7.11 Å². The number of methoxy groups -OCH3 is 1. The number of aliphatic imine (C=N–C) groups is 1. The quantitative estimate of drug-likeness (QED) is 0.507. The molecule has 6 nitrogen and oxygen atoms in total. The summed E-state index contributed by atoms with van der Waals surface area (Å²) in [6, 6.07) is 0. The number of carbonyl (C=O) groups is 1. The molecule has 28 heavy (non-hydrogen) atoms. The van der Waals surface area contributed by atoms with E-state index in [4.69, 9.17) is 9.73 Å². The Morgan fingerprint density at radius 3 is 2.68 bits per heavy atom. The maximum Gasteiger partial charge on any atom is 0.206 e. The smallest absolute Gasteiger partial charge is 0.206 e. The molecule has 9 heteroatoms. The molecule has 0 saturated heterocycles. The number of ketones is 1. The second-order valence-corrected chi connectivity index (χ2v) is 9.57. The van der Waals surface area contributed by atoms with E-state index in [1.807, 2.05) is 12.2 Å². The van der Waals surface area contributed by atoms with Crippen LogP contribution in [-0.2, 0) is 14.9 Å². The molecule has 5 rings (SSSR count). The Kier molecular flexibility index (Phi) is 4.25. The van der Waals surface area contributed by atoms with Crippen molar-refractivity contribution < 1.29 is 14.6 Å². The van der Waals surface area contributed by atoms with Crippen LogP contribution in [-0.4, -0.2) is 35.4 Å². The minimum Gasteiger partial charge on any atom is -0.504 e. The predicted molar refractivity (Wildman–Crippen MR) is 118 cm³/mol.